The summed E-state index contributed by atoms with van der Waals surface area (Å²) in [5.41, 5.74) is 1.46. The SMILES string of the molecule is Cc1ccc(CN2CCC(=O)NC(C)(C)C2=O)cc1. The maximum Gasteiger partial charge on any atom is 0.248 e. The third kappa shape index (κ3) is 3.13. The zero-order valence-electron chi connectivity index (χ0n) is 11.7. The number of amides is 2. The van der Waals surface area contributed by atoms with Crippen LogP contribution in [0.1, 0.15) is 31.4 Å². The number of rotatable bonds is 2. The summed E-state index contributed by atoms with van der Waals surface area (Å²) in [6.45, 7) is 6.56. The van der Waals surface area contributed by atoms with Gasteiger partial charge in [0.25, 0.3) is 0 Å². The molecule has 0 saturated carbocycles. The first-order chi connectivity index (χ1) is 8.88. The lowest BCUT2D eigenvalue weighted by Gasteiger charge is -2.28. The molecule has 0 radical (unpaired) electrons. The Balaban J connectivity index is 2.16. The minimum Gasteiger partial charge on any atom is -0.342 e. The van der Waals surface area contributed by atoms with Crippen LogP contribution < -0.4 is 5.32 Å². The molecular formula is C15H20N2O2. The number of nitrogens with zero attached hydrogens (tertiary/aromatic N) is 1. The van der Waals surface area contributed by atoms with E-state index in [9.17, 15) is 9.59 Å². The molecule has 1 aromatic carbocycles. The first-order valence-electron chi connectivity index (χ1n) is 6.54. The Hall–Kier alpha value is -1.84. The second-order valence-electron chi connectivity index (χ2n) is 5.64. The number of hydrogen-bond donors (Lipinski definition) is 1. The molecule has 0 atom stereocenters. The van der Waals surface area contributed by atoms with Crippen LogP contribution >= 0.6 is 0 Å². The topological polar surface area (TPSA) is 49.4 Å². The molecule has 2 rings (SSSR count). The normalized spacial score (nSPS) is 19.0. The Kier molecular flexibility index (Phi) is 3.60. The molecule has 1 fully saturated rings. The number of aryl methyl sites for hydroxylation is 1. The van der Waals surface area contributed by atoms with Gasteiger partial charge in [0.2, 0.25) is 11.8 Å². The summed E-state index contributed by atoms with van der Waals surface area (Å²) in [7, 11) is 0. The Morgan fingerprint density at radius 3 is 2.47 bits per heavy atom. The second-order valence-corrected chi connectivity index (χ2v) is 5.64. The molecule has 102 valence electrons. The van der Waals surface area contributed by atoms with Crippen molar-refractivity contribution in [1.82, 2.24) is 10.2 Å². The third-order valence-electron chi connectivity index (χ3n) is 3.38. The van der Waals surface area contributed by atoms with Crippen molar-refractivity contribution in [1.29, 1.82) is 0 Å². The summed E-state index contributed by atoms with van der Waals surface area (Å²) < 4.78 is 0. The summed E-state index contributed by atoms with van der Waals surface area (Å²) in [5.74, 6) is -0.0938. The Morgan fingerprint density at radius 1 is 1.21 bits per heavy atom. The molecule has 0 aliphatic carbocycles. The molecule has 0 spiro atoms. The summed E-state index contributed by atoms with van der Waals surface area (Å²) in [4.78, 5) is 25.7. The van der Waals surface area contributed by atoms with E-state index < -0.39 is 5.54 Å². The maximum absolute atomic E-state index is 12.4. The van der Waals surface area contributed by atoms with Crippen molar-refractivity contribution in [3.8, 4) is 0 Å². The van der Waals surface area contributed by atoms with Gasteiger partial charge in [-0.05, 0) is 26.3 Å². The molecule has 1 aromatic rings. The summed E-state index contributed by atoms with van der Waals surface area (Å²) >= 11 is 0. The maximum atomic E-state index is 12.4. The van der Waals surface area contributed by atoms with E-state index in [0.717, 1.165) is 5.56 Å². The molecule has 19 heavy (non-hydrogen) atoms. The number of benzene rings is 1. The highest BCUT2D eigenvalue weighted by Gasteiger charge is 2.36. The Bertz CT molecular complexity index is 491. The molecule has 0 aromatic heterocycles. The molecule has 0 bridgehead atoms. The van der Waals surface area contributed by atoms with Gasteiger partial charge < -0.3 is 10.2 Å². The highest BCUT2D eigenvalue weighted by atomic mass is 16.2. The van der Waals surface area contributed by atoms with Gasteiger partial charge >= 0.3 is 0 Å². The minimum atomic E-state index is -0.821. The lowest BCUT2D eigenvalue weighted by Crippen LogP contribution is -2.52. The van der Waals surface area contributed by atoms with Gasteiger partial charge in [-0.2, -0.15) is 0 Å². The molecule has 1 aliphatic rings. The van der Waals surface area contributed by atoms with E-state index in [2.05, 4.69) is 5.32 Å². The quantitative estimate of drug-likeness (QED) is 0.878. The van der Waals surface area contributed by atoms with E-state index in [1.165, 1.54) is 5.56 Å². The average molecular weight is 260 g/mol. The van der Waals surface area contributed by atoms with Crippen LogP contribution in [-0.4, -0.2) is 28.8 Å². The predicted octanol–water partition coefficient (Wildman–Crippen LogP) is 1.62. The molecule has 2 amide bonds. The van der Waals surface area contributed by atoms with Crippen LogP contribution in [0.5, 0.6) is 0 Å². The average Bonchev–Trinajstić information content (AvgIpc) is 2.43. The van der Waals surface area contributed by atoms with Crippen molar-refractivity contribution in [2.24, 2.45) is 0 Å². The molecule has 0 unspecified atom stereocenters. The second kappa shape index (κ2) is 5.03. The lowest BCUT2D eigenvalue weighted by atomic mass is 10.0. The third-order valence-corrected chi connectivity index (χ3v) is 3.38. The van der Waals surface area contributed by atoms with E-state index >= 15 is 0 Å². The summed E-state index contributed by atoms with van der Waals surface area (Å²) in [6.07, 6.45) is 0.362. The van der Waals surface area contributed by atoms with Crippen LogP contribution in [0.3, 0.4) is 0 Å². The van der Waals surface area contributed by atoms with Gasteiger partial charge in [-0.25, -0.2) is 0 Å². The van der Waals surface area contributed by atoms with Crippen molar-refractivity contribution >= 4 is 11.8 Å². The number of hydrogen-bond acceptors (Lipinski definition) is 2. The van der Waals surface area contributed by atoms with E-state index in [-0.39, 0.29) is 11.8 Å². The van der Waals surface area contributed by atoms with Crippen molar-refractivity contribution in [2.45, 2.75) is 39.3 Å². The van der Waals surface area contributed by atoms with E-state index in [4.69, 9.17) is 0 Å². The molecule has 1 aliphatic heterocycles. The van der Waals surface area contributed by atoms with Crippen LogP contribution in [0.15, 0.2) is 24.3 Å². The standard InChI is InChI=1S/C15H20N2O2/c1-11-4-6-12(7-5-11)10-17-9-8-13(18)16-15(2,3)14(17)19/h4-7H,8-10H2,1-3H3,(H,16,18). The van der Waals surface area contributed by atoms with Gasteiger partial charge in [0.15, 0.2) is 0 Å². The zero-order valence-corrected chi connectivity index (χ0v) is 11.7. The summed E-state index contributed by atoms with van der Waals surface area (Å²) in [6, 6.07) is 8.11. The van der Waals surface area contributed by atoms with Gasteiger partial charge in [0.1, 0.15) is 5.54 Å². The van der Waals surface area contributed by atoms with Crippen LogP contribution in [0, 0.1) is 6.92 Å². The van der Waals surface area contributed by atoms with Crippen molar-refractivity contribution in [3.05, 3.63) is 35.4 Å². The molecule has 4 nitrogen and oxygen atoms in total. The largest absolute Gasteiger partial charge is 0.342 e. The highest BCUT2D eigenvalue weighted by Crippen LogP contribution is 2.16. The van der Waals surface area contributed by atoms with Crippen LogP contribution in [0.4, 0.5) is 0 Å². The highest BCUT2D eigenvalue weighted by molar-refractivity contribution is 5.92. The van der Waals surface area contributed by atoms with Crippen LogP contribution in [0.2, 0.25) is 0 Å². The lowest BCUT2D eigenvalue weighted by molar-refractivity contribution is -0.137. The predicted molar refractivity (Wildman–Crippen MR) is 73.4 cm³/mol. The fourth-order valence-electron chi connectivity index (χ4n) is 2.26. The molecular weight excluding hydrogens is 240 g/mol. The van der Waals surface area contributed by atoms with Crippen molar-refractivity contribution < 1.29 is 9.59 Å². The van der Waals surface area contributed by atoms with Gasteiger partial charge in [0, 0.05) is 19.5 Å². The summed E-state index contributed by atoms with van der Waals surface area (Å²) in [5, 5.41) is 2.76. The monoisotopic (exact) mass is 260 g/mol. The van der Waals surface area contributed by atoms with Crippen molar-refractivity contribution in [2.75, 3.05) is 6.54 Å². The molecule has 1 heterocycles. The molecule has 1 N–H and O–H groups in total. The Morgan fingerprint density at radius 2 is 1.84 bits per heavy atom. The Labute approximate surface area is 113 Å². The number of nitrogens with one attached hydrogen (secondary N) is 1. The van der Waals surface area contributed by atoms with Crippen LogP contribution in [0.25, 0.3) is 0 Å². The first kappa shape index (κ1) is 13.6. The van der Waals surface area contributed by atoms with E-state index in [0.29, 0.717) is 19.5 Å². The van der Waals surface area contributed by atoms with Crippen LogP contribution in [-0.2, 0) is 16.1 Å². The van der Waals surface area contributed by atoms with Gasteiger partial charge in [0.05, 0.1) is 0 Å². The van der Waals surface area contributed by atoms with Crippen molar-refractivity contribution in [3.63, 3.8) is 0 Å². The van der Waals surface area contributed by atoms with Gasteiger partial charge in [-0.15, -0.1) is 0 Å². The minimum absolute atomic E-state index is 0.0288. The van der Waals surface area contributed by atoms with Gasteiger partial charge in [-0.1, -0.05) is 29.8 Å². The van der Waals surface area contributed by atoms with E-state index in [1.807, 2.05) is 31.2 Å². The van der Waals surface area contributed by atoms with Gasteiger partial charge in [-0.3, -0.25) is 9.59 Å². The molecule has 1 saturated heterocycles. The zero-order chi connectivity index (χ0) is 14.0. The first-order valence-corrected chi connectivity index (χ1v) is 6.54. The number of carbonyl (C=O) groups excluding carboxylic acids is 2. The van der Waals surface area contributed by atoms with E-state index in [1.54, 1.807) is 18.7 Å². The fourth-order valence-corrected chi connectivity index (χ4v) is 2.26. The fraction of sp³-hybridized carbons (Fsp3) is 0.467. The number of carbonyl (C=O) groups is 2. The molecule has 4 heteroatoms. The smallest absolute Gasteiger partial charge is 0.248 e.